The first-order chi connectivity index (χ1) is 9.66. The summed E-state index contributed by atoms with van der Waals surface area (Å²) in [7, 11) is 6.01. The fourth-order valence-corrected chi connectivity index (χ4v) is 5.66. The van der Waals surface area contributed by atoms with Gasteiger partial charge in [-0.2, -0.15) is 0 Å². The Balaban J connectivity index is 1.72. The molecule has 2 rings (SSSR count). The van der Waals surface area contributed by atoms with Crippen LogP contribution in [0.2, 0.25) is 0 Å². The second-order valence-electron chi connectivity index (χ2n) is 5.82. The molecular weight excluding hydrogens is 337 g/mol. The van der Waals surface area contributed by atoms with E-state index in [4.69, 9.17) is 16.7 Å². The van der Waals surface area contributed by atoms with Gasteiger partial charge in [-0.15, -0.1) is 0 Å². The van der Waals surface area contributed by atoms with Crippen molar-refractivity contribution >= 4 is 37.5 Å². The Kier molecular flexibility index (Phi) is 6.78. The summed E-state index contributed by atoms with van der Waals surface area (Å²) in [6.07, 6.45) is 10.2. The molecule has 0 heterocycles. The molecular formula is C14H22ClGaO4. The van der Waals surface area contributed by atoms with E-state index in [1.165, 1.54) is 12.8 Å². The molecule has 0 radical (unpaired) electrons. The monoisotopic (exact) mass is 358 g/mol. The fraction of sp³-hybridized carbons (Fsp3) is 0.857. The van der Waals surface area contributed by atoms with Gasteiger partial charge in [0.1, 0.15) is 0 Å². The summed E-state index contributed by atoms with van der Waals surface area (Å²) in [6.45, 7) is 0. The summed E-state index contributed by atoms with van der Waals surface area (Å²) in [5, 5.41) is 0. The van der Waals surface area contributed by atoms with Crippen molar-refractivity contribution in [3.05, 3.63) is 0 Å². The summed E-state index contributed by atoms with van der Waals surface area (Å²) in [4.78, 5) is 23.8. The fourth-order valence-electron chi connectivity index (χ4n) is 3.08. The van der Waals surface area contributed by atoms with Crippen molar-refractivity contribution in [1.29, 1.82) is 0 Å². The second kappa shape index (κ2) is 8.34. The Morgan fingerprint density at radius 2 is 1.10 bits per heavy atom. The number of hydrogen-bond acceptors (Lipinski definition) is 4. The van der Waals surface area contributed by atoms with Crippen molar-refractivity contribution in [3.8, 4) is 0 Å². The average molecular weight is 360 g/mol. The van der Waals surface area contributed by atoms with Crippen molar-refractivity contribution in [1.82, 2.24) is 0 Å². The summed E-state index contributed by atoms with van der Waals surface area (Å²) < 4.78 is 10.4. The third kappa shape index (κ3) is 5.01. The van der Waals surface area contributed by atoms with Gasteiger partial charge in [-0.05, 0) is 0 Å². The van der Waals surface area contributed by atoms with E-state index in [9.17, 15) is 9.59 Å². The van der Waals surface area contributed by atoms with Gasteiger partial charge < -0.3 is 0 Å². The van der Waals surface area contributed by atoms with E-state index in [1.807, 2.05) is 0 Å². The van der Waals surface area contributed by atoms with E-state index in [-0.39, 0.29) is 23.8 Å². The van der Waals surface area contributed by atoms with Gasteiger partial charge in [-0.25, -0.2) is 0 Å². The van der Waals surface area contributed by atoms with Gasteiger partial charge in [0.05, 0.1) is 0 Å². The van der Waals surface area contributed by atoms with Crippen LogP contribution in [0.25, 0.3) is 0 Å². The molecule has 0 aromatic heterocycles. The molecule has 2 saturated carbocycles. The normalized spacial score (nSPS) is 21.2. The molecule has 0 aromatic rings. The van der Waals surface area contributed by atoms with Crippen molar-refractivity contribution < 1.29 is 16.6 Å². The zero-order valence-electron chi connectivity index (χ0n) is 11.8. The van der Waals surface area contributed by atoms with Gasteiger partial charge in [0.2, 0.25) is 0 Å². The Morgan fingerprint density at radius 1 is 0.750 bits per heavy atom. The summed E-state index contributed by atoms with van der Waals surface area (Å²) in [6, 6.07) is 0. The zero-order chi connectivity index (χ0) is 14.4. The standard InChI is InChI=1S/2C7H12O2.ClH.Ga/c2*8-7(9)6-4-2-1-3-5-6;;/h2*6H,1-5H2,(H,8,9);1H;/q;;;+3/p-3. The van der Waals surface area contributed by atoms with E-state index in [2.05, 4.69) is 0 Å². The minimum atomic E-state index is -3.18. The van der Waals surface area contributed by atoms with E-state index in [0.29, 0.717) is 0 Å². The molecule has 0 aliphatic heterocycles. The van der Waals surface area contributed by atoms with E-state index in [1.54, 1.807) is 0 Å². The van der Waals surface area contributed by atoms with E-state index in [0.717, 1.165) is 51.4 Å². The molecule has 6 heteroatoms. The van der Waals surface area contributed by atoms with E-state index >= 15 is 0 Å². The predicted octanol–water partition coefficient (Wildman–Crippen LogP) is 3.46. The molecule has 0 spiro atoms. The Hall–Kier alpha value is -0.134. The van der Waals surface area contributed by atoms with Gasteiger partial charge in [-0.3, -0.25) is 0 Å². The Morgan fingerprint density at radius 3 is 1.45 bits per heavy atom. The van der Waals surface area contributed by atoms with Crippen molar-refractivity contribution in [2.45, 2.75) is 64.2 Å². The molecule has 112 valence electrons. The number of halogens is 1. The second-order valence-corrected chi connectivity index (χ2v) is 9.81. The molecule has 0 bridgehead atoms. The molecule has 4 nitrogen and oxygen atoms in total. The predicted molar refractivity (Wildman–Crippen MR) is 76.9 cm³/mol. The van der Waals surface area contributed by atoms with E-state index < -0.39 is 15.9 Å². The maximum atomic E-state index is 11.9. The molecule has 0 amide bonds. The first kappa shape index (κ1) is 16.2. The molecule has 0 atom stereocenters. The quantitative estimate of drug-likeness (QED) is 0.722. The summed E-state index contributed by atoms with van der Waals surface area (Å²) >= 11 is -3.18. The number of rotatable bonds is 4. The van der Waals surface area contributed by atoms with Crippen LogP contribution in [0.4, 0.5) is 0 Å². The van der Waals surface area contributed by atoms with Crippen LogP contribution >= 0.6 is 9.64 Å². The number of hydrogen-bond donors (Lipinski definition) is 0. The maximum absolute atomic E-state index is 11.9. The molecule has 2 aliphatic carbocycles. The van der Waals surface area contributed by atoms with Crippen LogP contribution in [0, 0.1) is 11.8 Å². The van der Waals surface area contributed by atoms with Crippen molar-refractivity contribution in [2.75, 3.05) is 0 Å². The van der Waals surface area contributed by atoms with Crippen molar-refractivity contribution in [3.63, 3.8) is 0 Å². The first-order valence-electron chi connectivity index (χ1n) is 7.72. The molecule has 0 aromatic carbocycles. The summed E-state index contributed by atoms with van der Waals surface area (Å²) in [5.74, 6) is -0.574. The molecule has 0 saturated heterocycles. The van der Waals surface area contributed by atoms with Crippen LogP contribution in [0.1, 0.15) is 64.2 Å². The molecule has 0 unspecified atom stereocenters. The van der Waals surface area contributed by atoms with Gasteiger partial charge in [0, 0.05) is 0 Å². The van der Waals surface area contributed by atoms with Crippen LogP contribution in [-0.2, 0) is 16.6 Å². The van der Waals surface area contributed by atoms with Gasteiger partial charge in [0.15, 0.2) is 0 Å². The third-order valence-corrected chi connectivity index (χ3v) is 6.97. The topological polar surface area (TPSA) is 52.6 Å². The number of carbonyl (C=O) groups is 2. The average Bonchev–Trinajstić information content (AvgIpc) is 2.49. The molecule has 0 N–H and O–H groups in total. The van der Waals surface area contributed by atoms with Crippen LogP contribution in [0.15, 0.2) is 0 Å². The van der Waals surface area contributed by atoms with Gasteiger partial charge >= 0.3 is 130 Å². The van der Waals surface area contributed by atoms with Crippen LogP contribution < -0.4 is 0 Å². The molecule has 20 heavy (non-hydrogen) atoms. The Bertz CT molecular complexity index is 306. The Labute approximate surface area is 130 Å². The van der Waals surface area contributed by atoms with Gasteiger partial charge in [0.25, 0.3) is 0 Å². The van der Waals surface area contributed by atoms with Crippen LogP contribution in [0.5, 0.6) is 0 Å². The minimum absolute atomic E-state index is 0.0380. The van der Waals surface area contributed by atoms with Crippen molar-refractivity contribution in [2.24, 2.45) is 11.8 Å². The molecule has 2 fully saturated rings. The SMILES string of the molecule is O=C([O][Ga]([Cl])[O]C(=O)C1CCCCC1)C1CCCCC1. The van der Waals surface area contributed by atoms with Crippen LogP contribution in [-0.4, -0.2) is 27.9 Å². The number of carbonyl (C=O) groups excluding carboxylic acids is 2. The van der Waals surface area contributed by atoms with Crippen LogP contribution in [0.3, 0.4) is 0 Å². The summed E-state index contributed by atoms with van der Waals surface area (Å²) in [5.41, 5.74) is 0. The van der Waals surface area contributed by atoms with Gasteiger partial charge in [-0.1, -0.05) is 0 Å². The first-order valence-corrected chi connectivity index (χ1v) is 12.9. The zero-order valence-corrected chi connectivity index (χ0v) is 15.0. The molecule has 2 aliphatic rings. The third-order valence-electron chi connectivity index (χ3n) is 4.29.